The van der Waals surface area contributed by atoms with Crippen LogP contribution in [0.5, 0.6) is 0 Å². The number of hydrogen-bond acceptors (Lipinski definition) is 9. The number of nitrogens with zero attached hydrogens (tertiary/aromatic N) is 3. The van der Waals surface area contributed by atoms with E-state index in [0.29, 0.717) is 21.0 Å². The number of nitrogens with two attached hydrogens (primary N) is 1. The summed E-state index contributed by atoms with van der Waals surface area (Å²) in [6, 6.07) is 12.2. The SMILES string of the molecule is CC(C)(C)OC(=O)N(C(=O)OC(C)(C)C)c1nccc2cc(C(O)(C(N)=O)[C@H]3OCCN(c4ccc(Cl)cc4)C3=O)ccc12. The van der Waals surface area contributed by atoms with Gasteiger partial charge in [0.2, 0.25) is 5.60 Å². The van der Waals surface area contributed by atoms with Crippen molar-refractivity contribution in [2.75, 3.05) is 23.0 Å². The number of anilines is 2. The van der Waals surface area contributed by atoms with E-state index in [9.17, 15) is 24.3 Å². The number of fused-ring (bicyclic) bond motifs is 1. The molecule has 1 aliphatic rings. The molecule has 0 aliphatic carbocycles. The Labute approximate surface area is 259 Å². The smallest absolute Gasteiger partial charge is 0.425 e. The lowest BCUT2D eigenvalue weighted by molar-refractivity contribution is -0.171. The predicted molar refractivity (Wildman–Crippen MR) is 163 cm³/mol. The van der Waals surface area contributed by atoms with Gasteiger partial charge in [-0.3, -0.25) is 9.59 Å². The highest BCUT2D eigenvalue weighted by molar-refractivity contribution is 6.30. The van der Waals surface area contributed by atoms with Crippen LogP contribution in [0.25, 0.3) is 10.8 Å². The van der Waals surface area contributed by atoms with Gasteiger partial charge in [0.25, 0.3) is 11.8 Å². The maximum Gasteiger partial charge on any atom is 0.425 e. The Kier molecular flexibility index (Phi) is 8.92. The van der Waals surface area contributed by atoms with Gasteiger partial charge in [-0.2, -0.15) is 4.90 Å². The van der Waals surface area contributed by atoms with Crippen molar-refractivity contribution in [3.8, 4) is 0 Å². The number of rotatable bonds is 5. The van der Waals surface area contributed by atoms with E-state index in [-0.39, 0.29) is 29.9 Å². The second kappa shape index (κ2) is 12.0. The summed E-state index contributed by atoms with van der Waals surface area (Å²) >= 11 is 5.99. The molecule has 3 aromatic rings. The molecule has 4 rings (SSSR count). The third-order valence-electron chi connectivity index (χ3n) is 6.53. The van der Waals surface area contributed by atoms with Crippen molar-refractivity contribution in [1.82, 2.24) is 4.98 Å². The van der Waals surface area contributed by atoms with Crippen molar-refractivity contribution in [2.45, 2.75) is 64.4 Å². The summed E-state index contributed by atoms with van der Waals surface area (Å²) in [7, 11) is 0. The zero-order valence-electron chi connectivity index (χ0n) is 25.3. The van der Waals surface area contributed by atoms with Crippen molar-refractivity contribution >= 4 is 57.9 Å². The second-order valence-electron chi connectivity index (χ2n) is 12.2. The normalized spacial score (nSPS) is 17.1. The van der Waals surface area contributed by atoms with E-state index in [0.717, 1.165) is 0 Å². The van der Waals surface area contributed by atoms with Crippen molar-refractivity contribution in [1.29, 1.82) is 0 Å². The van der Waals surface area contributed by atoms with Crippen LogP contribution in [0, 0.1) is 0 Å². The number of morpholine rings is 1. The standard InChI is InChI=1S/C31H35ClN4O8/c1-29(2,3)43-27(39)36(28(40)44-30(4,5)6)24-22-12-7-19(17-18(22)13-14-34-24)31(41,26(33)38)23-25(37)35(15-16-42-23)21-10-8-20(32)9-11-21/h7-14,17,23,41H,15-16H2,1-6H3,(H2,33,38)/t23-,31?/m0/s1. The summed E-state index contributed by atoms with van der Waals surface area (Å²) < 4.78 is 16.6. The second-order valence-corrected chi connectivity index (χ2v) is 12.7. The maximum atomic E-state index is 13.6. The zero-order chi connectivity index (χ0) is 32.6. The van der Waals surface area contributed by atoms with Crippen molar-refractivity contribution in [2.24, 2.45) is 5.73 Å². The van der Waals surface area contributed by atoms with Crippen molar-refractivity contribution < 1.29 is 38.5 Å². The Morgan fingerprint density at radius 2 is 1.59 bits per heavy atom. The first-order valence-corrected chi connectivity index (χ1v) is 14.2. The summed E-state index contributed by atoms with van der Waals surface area (Å²) in [6.07, 6.45) is -2.39. The van der Waals surface area contributed by atoms with Crippen LogP contribution in [0.4, 0.5) is 21.1 Å². The quantitative estimate of drug-likeness (QED) is 0.410. The van der Waals surface area contributed by atoms with Crippen LogP contribution >= 0.6 is 11.6 Å². The molecule has 1 unspecified atom stereocenters. The molecule has 1 aliphatic heterocycles. The van der Waals surface area contributed by atoms with Crippen LogP contribution in [-0.4, -0.2) is 64.5 Å². The maximum absolute atomic E-state index is 13.6. The monoisotopic (exact) mass is 626 g/mol. The van der Waals surface area contributed by atoms with Gasteiger partial charge in [0.05, 0.1) is 6.61 Å². The van der Waals surface area contributed by atoms with Gasteiger partial charge < -0.3 is 30.0 Å². The third kappa shape index (κ3) is 6.77. The van der Waals surface area contributed by atoms with Crippen molar-refractivity contribution in [3.63, 3.8) is 0 Å². The van der Waals surface area contributed by atoms with Crippen LogP contribution in [0.1, 0.15) is 47.1 Å². The highest BCUT2D eigenvalue weighted by atomic mass is 35.5. The fraction of sp³-hybridized carbons (Fsp3) is 0.387. The lowest BCUT2D eigenvalue weighted by atomic mass is 9.84. The third-order valence-corrected chi connectivity index (χ3v) is 6.78. The summed E-state index contributed by atoms with van der Waals surface area (Å²) in [5.74, 6) is -2.01. The number of carbonyl (C=O) groups excluding carboxylic acids is 4. The molecule has 2 heterocycles. The molecule has 0 spiro atoms. The highest BCUT2D eigenvalue weighted by Crippen LogP contribution is 2.36. The van der Waals surface area contributed by atoms with Gasteiger partial charge in [-0.1, -0.05) is 23.7 Å². The lowest BCUT2D eigenvalue weighted by Gasteiger charge is -2.39. The molecular weight excluding hydrogens is 592 g/mol. The molecule has 12 nitrogen and oxygen atoms in total. The zero-order valence-corrected chi connectivity index (χ0v) is 26.0. The minimum Gasteiger partial charge on any atom is -0.443 e. The number of ether oxygens (including phenoxy) is 3. The number of aliphatic hydroxyl groups is 1. The Bertz CT molecular complexity index is 1570. The van der Waals surface area contributed by atoms with Crippen LogP contribution in [-0.2, 0) is 29.4 Å². The van der Waals surface area contributed by atoms with E-state index in [1.54, 1.807) is 65.8 Å². The number of halogens is 1. The number of primary amides is 1. The van der Waals surface area contributed by atoms with Gasteiger partial charge in [-0.25, -0.2) is 14.6 Å². The minimum absolute atomic E-state index is 0.0109. The predicted octanol–water partition coefficient (Wildman–Crippen LogP) is 4.67. The number of aromatic nitrogens is 1. The fourth-order valence-corrected chi connectivity index (χ4v) is 4.75. The largest absolute Gasteiger partial charge is 0.443 e. The van der Waals surface area contributed by atoms with Gasteiger partial charge in [0.15, 0.2) is 11.9 Å². The first kappa shape index (κ1) is 32.6. The summed E-state index contributed by atoms with van der Waals surface area (Å²) in [5, 5.41) is 12.9. The summed E-state index contributed by atoms with van der Waals surface area (Å²) in [6.45, 7) is 10.1. The number of hydrogen-bond donors (Lipinski definition) is 2. The van der Waals surface area contributed by atoms with Crippen LogP contribution in [0.2, 0.25) is 5.02 Å². The Hall–Kier alpha value is -4.26. The first-order valence-electron chi connectivity index (χ1n) is 13.8. The molecule has 44 heavy (non-hydrogen) atoms. The van der Waals surface area contributed by atoms with Gasteiger partial charge in [-0.05, 0) is 88.9 Å². The van der Waals surface area contributed by atoms with E-state index in [4.69, 9.17) is 31.5 Å². The summed E-state index contributed by atoms with van der Waals surface area (Å²) in [5.41, 5.74) is 1.69. The molecular formula is C31H35ClN4O8. The van der Waals surface area contributed by atoms with E-state index >= 15 is 0 Å². The van der Waals surface area contributed by atoms with E-state index in [1.165, 1.54) is 35.4 Å². The molecule has 1 saturated heterocycles. The van der Waals surface area contributed by atoms with Crippen LogP contribution < -0.4 is 15.5 Å². The number of amides is 4. The van der Waals surface area contributed by atoms with Gasteiger partial charge in [0, 0.05) is 28.8 Å². The Morgan fingerprint density at radius 1 is 1.00 bits per heavy atom. The van der Waals surface area contributed by atoms with E-state index < -0.39 is 46.9 Å². The number of carbonyl (C=O) groups is 4. The van der Waals surface area contributed by atoms with Gasteiger partial charge in [0.1, 0.15) is 11.2 Å². The topological polar surface area (TPSA) is 162 Å². The Balaban J connectivity index is 1.79. The number of benzene rings is 2. The minimum atomic E-state index is -2.59. The van der Waals surface area contributed by atoms with Gasteiger partial charge >= 0.3 is 12.2 Å². The molecule has 0 radical (unpaired) electrons. The Morgan fingerprint density at radius 3 is 2.14 bits per heavy atom. The number of imide groups is 1. The molecule has 1 aromatic heterocycles. The molecule has 0 saturated carbocycles. The highest BCUT2D eigenvalue weighted by Gasteiger charge is 2.52. The molecule has 0 bridgehead atoms. The number of pyridine rings is 1. The van der Waals surface area contributed by atoms with Crippen LogP contribution in [0.3, 0.4) is 0 Å². The molecule has 2 atom stereocenters. The average Bonchev–Trinajstić information content (AvgIpc) is 2.91. The fourth-order valence-electron chi connectivity index (χ4n) is 4.62. The van der Waals surface area contributed by atoms with Crippen molar-refractivity contribution in [3.05, 3.63) is 65.3 Å². The molecule has 13 heteroatoms. The molecule has 1 fully saturated rings. The average molecular weight is 627 g/mol. The molecule has 2 aromatic carbocycles. The summed E-state index contributed by atoms with van der Waals surface area (Å²) in [4.78, 5) is 59.3. The molecule has 4 amide bonds. The molecule has 234 valence electrons. The van der Waals surface area contributed by atoms with E-state index in [2.05, 4.69) is 4.98 Å². The molecule has 3 N–H and O–H groups in total. The lowest BCUT2D eigenvalue weighted by Crippen LogP contribution is -2.61. The van der Waals surface area contributed by atoms with E-state index in [1.807, 2.05) is 0 Å². The van der Waals surface area contributed by atoms with Crippen LogP contribution in [0.15, 0.2) is 54.7 Å². The first-order chi connectivity index (χ1) is 20.4. The van der Waals surface area contributed by atoms with Gasteiger partial charge in [-0.15, -0.1) is 0 Å².